The maximum absolute atomic E-state index is 12.4. The van der Waals surface area contributed by atoms with Crippen molar-refractivity contribution in [3.8, 4) is 29.6 Å². The third-order valence-corrected chi connectivity index (χ3v) is 4.41. The number of hydrogen-bond donors (Lipinski definition) is 1. The van der Waals surface area contributed by atoms with Crippen molar-refractivity contribution >= 4 is 22.9 Å². The van der Waals surface area contributed by atoms with Crippen molar-refractivity contribution in [1.29, 1.82) is 0 Å². The van der Waals surface area contributed by atoms with Gasteiger partial charge in [-0.3, -0.25) is 4.79 Å². The van der Waals surface area contributed by atoms with Crippen molar-refractivity contribution in [2.45, 2.75) is 6.10 Å². The summed E-state index contributed by atoms with van der Waals surface area (Å²) in [6.45, 7) is 0.251. The fourth-order valence-corrected chi connectivity index (χ4v) is 3.04. The third-order valence-electron chi connectivity index (χ3n) is 4.41. The van der Waals surface area contributed by atoms with Gasteiger partial charge in [-0.15, -0.1) is 6.42 Å². The summed E-state index contributed by atoms with van der Waals surface area (Å²) in [6, 6.07) is 18.8. The summed E-state index contributed by atoms with van der Waals surface area (Å²) < 4.78 is 16.9. The number of ether oxygens (including phenoxy) is 3. The first-order valence-electron chi connectivity index (χ1n) is 9.05. The standard InChI is InChI=1S/C23H18N2O4/c1-2-13-27-19-12-11-16-7-3-4-8-17(16)18(19)14-24-25-23(26)22-15-28-20-9-5-6-10-21(20)29-22/h1,3-12,14,22H,13,15H2,(H,25,26)/b24-14-/t22-/m0/s1. The Morgan fingerprint density at radius 2 is 1.97 bits per heavy atom. The van der Waals surface area contributed by atoms with Crippen molar-refractivity contribution < 1.29 is 19.0 Å². The van der Waals surface area contributed by atoms with E-state index in [0.29, 0.717) is 17.2 Å². The molecule has 1 N–H and O–H groups in total. The van der Waals surface area contributed by atoms with Crippen LogP contribution in [0.1, 0.15) is 5.56 Å². The highest BCUT2D eigenvalue weighted by Crippen LogP contribution is 2.31. The predicted molar refractivity (Wildman–Crippen MR) is 110 cm³/mol. The molecule has 1 aliphatic rings. The fraction of sp³-hybridized carbons (Fsp3) is 0.130. The predicted octanol–water partition coefficient (Wildman–Crippen LogP) is 3.14. The average molecular weight is 386 g/mol. The Labute approximate surface area is 168 Å². The number of terminal acetylenes is 1. The van der Waals surface area contributed by atoms with Crippen LogP contribution < -0.4 is 19.6 Å². The Hall–Kier alpha value is -3.98. The van der Waals surface area contributed by atoms with Crippen LogP contribution in [0.3, 0.4) is 0 Å². The molecule has 4 rings (SSSR count). The zero-order valence-electron chi connectivity index (χ0n) is 15.5. The summed E-state index contributed by atoms with van der Waals surface area (Å²) in [4.78, 5) is 12.4. The number of carbonyl (C=O) groups is 1. The molecule has 0 aromatic heterocycles. The smallest absolute Gasteiger partial charge is 0.284 e. The highest BCUT2D eigenvalue weighted by atomic mass is 16.6. The van der Waals surface area contributed by atoms with Crippen LogP contribution in [-0.4, -0.2) is 31.4 Å². The number of rotatable bonds is 5. The normalized spacial score (nSPS) is 15.1. The van der Waals surface area contributed by atoms with Crippen molar-refractivity contribution in [1.82, 2.24) is 5.43 Å². The van der Waals surface area contributed by atoms with Gasteiger partial charge in [0.25, 0.3) is 5.91 Å². The lowest BCUT2D eigenvalue weighted by Gasteiger charge is -2.24. The van der Waals surface area contributed by atoms with Gasteiger partial charge in [-0.05, 0) is 29.0 Å². The lowest BCUT2D eigenvalue weighted by atomic mass is 10.0. The van der Waals surface area contributed by atoms with Crippen LogP contribution in [0.5, 0.6) is 17.2 Å². The largest absolute Gasteiger partial charge is 0.485 e. The Morgan fingerprint density at radius 3 is 2.83 bits per heavy atom. The molecule has 0 fully saturated rings. The monoisotopic (exact) mass is 386 g/mol. The van der Waals surface area contributed by atoms with Gasteiger partial charge >= 0.3 is 0 Å². The number of hydrazone groups is 1. The molecule has 0 bridgehead atoms. The molecule has 1 aliphatic heterocycles. The number of benzene rings is 3. The van der Waals surface area contributed by atoms with Crippen LogP contribution in [0, 0.1) is 12.3 Å². The first-order chi connectivity index (χ1) is 14.3. The van der Waals surface area contributed by atoms with Crippen LogP contribution in [0.25, 0.3) is 10.8 Å². The molecule has 0 aliphatic carbocycles. The van der Waals surface area contributed by atoms with Crippen LogP contribution in [0.15, 0.2) is 65.8 Å². The van der Waals surface area contributed by atoms with E-state index < -0.39 is 12.0 Å². The average Bonchev–Trinajstić information content (AvgIpc) is 2.77. The van der Waals surface area contributed by atoms with Crippen LogP contribution in [0.4, 0.5) is 0 Å². The molecule has 0 saturated carbocycles. The molecule has 3 aromatic rings. The lowest BCUT2D eigenvalue weighted by Crippen LogP contribution is -2.42. The van der Waals surface area contributed by atoms with E-state index in [0.717, 1.165) is 16.3 Å². The van der Waals surface area contributed by atoms with Gasteiger partial charge in [0.05, 0.1) is 6.21 Å². The number of fused-ring (bicyclic) bond motifs is 2. The van der Waals surface area contributed by atoms with Gasteiger partial charge in [0.15, 0.2) is 11.5 Å². The first-order valence-corrected chi connectivity index (χ1v) is 9.05. The highest BCUT2D eigenvalue weighted by Gasteiger charge is 2.27. The van der Waals surface area contributed by atoms with Crippen LogP contribution >= 0.6 is 0 Å². The minimum atomic E-state index is -0.785. The number of nitrogens with one attached hydrogen (secondary N) is 1. The van der Waals surface area contributed by atoms with Crippen molar-refractivity contribution in [2.75, 3.05) is 13.2 Å². The summed E-state index contributed by atoms with van der Waals surface area (Å²) >= 11 is 0. The zero-order valence-corrected chi connectivity index (χ0v) is 15.5. The maximum Gasteiger partial charge on any atom is 0.284 e. The Balaban J connectivity index is 1.51. The van der Waals surface area contributed by atoms with Gasteiger partial charge in [-0.25, -0.2) is 5.43 Å². The second-order valence-corrected chi connectivity index (χ2v) is 6.29. The van der Waals surface area contributed by atoms with E-state index in [-0.39, 0.29) is 13.2 Å². The Kier molecular flexibility index (Phi) is 5.30. The number of carbonyl (C=O) groups excluding carboxylic acids is 1. The molecular formula is C23H18N2O4. The molecule has 1 atom stereocenters. The molecule has 6 heteroatoms. The molecule has 144 valence electrons. The third kappa shape index (κ3) is 3.99. The number of amides is 1. The molecule has 1 heterocycles. The number of nitrogens with zero attached hydrogens (tertiary/aromatic N) is 1. The zero-order chi connectivity index (χ0) is 20.1. The van der Waals surface area contributed by atoms with Gasteiger partial charge in [0.2, 0.25) is 6.10 Å². The van der Waals surface area contributed by atoms with Crippen molar-refractivity contribution in [3.63, 3.8) is 0 Å². The summed E-state index contributed by atoms with van der Waals surface area (Å²) in [5.41, 5.74) is 3.24. The molecule has 0 spiro atoms. The molecule has 6 nitrogen and oxygen atoms in total. The summed E-state index contributed by atoms with van der Waals surface area (Å²) in [6.07, 6.45) is 6.06. The molecule has 29 heavy (non-hydrogen) atoms. The molecule has 3 aromatic carbocycles. The lowest BCUT2D eigenvalue weighted by molar-refractivity contribution is -0.130. The van der Waals surface area contributed by atoms with E-state index in [1.54, 1.807) is 18.3 Å². The minimum absolute atomic E-state index is 0.114. The SMILES string of the molecule is C#CCOc1ccc2ccccc2c1/C=N\NC(=O)[C@@H]1COc2ccccc2O1. The summed E-state index contributed by atoms with van der Waals surface area (Å²) in [5.74, 6) is 3.78. The van der Waals surface area contributed by atoms with E-state index >= 15 is 0 Å². The van der Waals surface area contributed by atoms with Gasteiger partial charge in [-0.1, -0.05) is 48.4 Å². The van der Waals surface area contributed by atoms with E-state index in [2.05, 4.69) is 16.4 Å². The van der Waals surface area contributed by atoms with Crippen LogP contribution in [-0.2, 0) is 4.79 Å². The van der Waals surface area contributed by atoms with E-state index in [4.69, 9.17) is 20.6 Å². The van der Waals surface area contributed by atoms with Gasteiger partial charge in [0.1, 0.15) is 19.0 Å². The number of para-hydroxylation sites is 2. The summed E-state index contributed by atoms with van der Waals surface area (Å²) in [7, 11) is 0. The Morgan fingerprint density at radius 1 is 1.17 bits per heavy atom. The number of hydrogen-bond acceptors (Lipinski definition) is 5. The minimum Gasteiger partial charge on any atom is -0.485 e. The molecule has 0 radical (unpaired) electrons. The van der Waals surface area contributed by atoms with Gasteiger partial charge in [0, 0.05) is 5.56 Å². The van der Waals surface area contributed by atoms with Crippen molar-refractivity contribution in [3.05, 3.63) is 66.2 Å². The van der Waals surface area contributed by atoms with Gasteiger partial charge in [-0.2, -0.15) is 5.10 Å². The maximum atomic E-state index is 12.4. The molecule has 0 saturated heterocycles. The highest BCUT2D eigenvalue weighted by molar-refractivity contribution is 6.02. The first kappa shape index (κ1) is 18.4. The van der Waals surface area contributed by atoms with Crippen LogP contribution in [0.2, 0.25) is 0 Å². The van der Waals surface area contributed by atoms with Gasteiger partial charge < -0.3 is 14.2 Å². The summed E-state index contributed by atoms with van der Waals surface area (Å²) in [5, 5.41) is 6.06. The quantitative estimate of drug-likeness (QED) is 0.416. The van der Waals surface area contributed by atoms with E-state index in [1.165, 1.54) is 0 Å². The van der Waals surface area contributed by atoms with E-state index in [9.17, 15) is 4.79 Å². The molecular weight excluding hydrogens is 368 g/mol. The molecule has 0 unspecified atom stereocenters. The topological polar surface area (TPSA) is 69.2 Å². The second-order valence-electron chi connectivity index (χ2n) is 6.29. The fourth-order valence-electron chi connectivity index (χ4n) is 3.04. The second kappa shape index (κ2) is 8.36. The molecule has 1 amide bonds. The Bertz CT molecular complexity index is 1120. The van der Waals surface area contributed by atoms with Crippen molar-refractivity contribution in [2.24, 2.45) is 5.10 Å². The van der Waals surface area contributed by atoms with E-state index in [1.807, 2.05) is 48.5 Å².